The van der Waals surface area contributed by atoms with Crippen LogP contribution in [0, 0.1) is 0 Å². The standard InChI is InChI=1S/C10H17NO3S/c12-10-3-1-2-9(8-10)11-4-6-15(13,14)7-5-11/h9H,1-8H2. The van der Waals surface area contributed by atoms with E-state index in [0.29, 0.717) is 37.8 Å². The Morgan fingerprint density at radius 3 is 2.47 bits per heavy atom. The molecule has 0 amide bonds. The topological polar surface area (TPSA) is 54.5 Å². The number of hydrogen-bond donors (Lipinski definition) is 0. The molecule has 1 aliphatic heterocycles. The number of sulfone groups is 1. The summed E-state index contributed by atoms with van der Waals surface area (Å²) in [5.74, 6) is 0.856. The lowest BCUT2D eigenvalue weighted by Gasteiger charge is -2.35. The molecule has 1 heterocycles. The molecule has 86 valence electrons. The van der Waals surface area contributed by atoms with Crippen LogP contribution in [-0.4, -0.2) is 49.7 Å². The predicted molar refractivity (Wildman–Crippen MR) is 57.5 cm³/mol. The molecule has 1 aliphatic carbocycles. The van der Waals surface area contributed by atoms with Crippen LogP contribution in [0.3, 0.4) is 0 Å². The number of carbonyl (C=O) groups excluding carboxylic acids is 1. The van der Waals surface area contributed by atoms with Crippen LogP contribution >= 0.6 is 0 Å². The molecule has 1 atom stereocenters. The third-order valence-corrected chi connectivity index (χ3v) is 4.96. The molecule has 4 nitrogen and oxygen atoms in total. The van der Waals surface area contributed by atoms with Gasteiger partial charge >= 0.3 is 0 Å². The van der Waals surface area contributed by atoms with Gasteiger partial charge in [-0.2, -0.15) is 0 Å². The smallest absolute Gasteiger partial charge is 0.152 e. The van der Waals surface area contributed by atoms with Crippen LogP contribution in [0.2, 0.25) is 0 Å². The van der Waals surface area contributed by atoms with E-state index in [2.05, 4.69) is 4.90 Å². The normalized spacial score (nSPS) is 32.8. The van der Waals surface area contributed by atoms with Gasteiger partial charge in [-0.25, -0.2) is 8.42 Å². The third kappa shape index (κ3) is 2.78. The van der Waals surface area contributed by atoms with Crippen molar-refractivity contribution in [3.05, 3.63) is 0 Å². The molecular formula is C10H17NO3S. The van der Waals surface area contributed by atoms with Crippen molar-refractivity contribution >= 4 is 15.6 Å². The molecule has 2 rings (SSSR count). The zero-order chi connectivity index (χ0) is 10.9. The van der Waals surface area contributed by atoms with Gasteiger partial charge in [0.15, 0.2) is 9.84 Å². The van der Waals surface area contributed by atoms with Crippen molar-refractivity contribution < 1.29 is 13.2 Å². The molecule has 15 heavy (non-hydrogen) atoms. The zero-order valence-electron chi connectivity index (χ0n) is 8.81. The molecule has 0 aromatic heterocycles. The predicted octanol–water partition coefficient (Wildman–Crippen LogP) is 0.229. The third-order valence-electron chi connectivity index (χ3n) is 3.35. The molecule has 0 aromatic carbocycles. The zero-order valence-corrected chi connectivity index (χ0v) is 9.63. The van der Waals surface area contributed by atoms with Crippen LogP contribution < -0.4 is 0 Å². The molecular weight excluding hydrogens is 214 g/mol. The number of carbonyl (C=O) groups is 1. The Morgan fingerprint density at radius 2 is 1.87 bits per heavy atom. The van der Waals surface area contributed by atoms with Crippen LogP contribution in [0.5, 0.6) is 0 Å². The van der Waals surface area contributed by atoms with Crippen LogP contribution in [-0.2, 0) is 14.6 Å². The monoisotopic (exact) mass is 231 g/mol. The number of rotatable bonds is 1. The van der Waals surface area contributed by atoms with Gasteiger partial charge < -0.3 is 0 Å². The highest BCUT2D eigenvalue weighted by Crippen LogP contribution is 2.21. The van der Waals surface area contributed by atoms with Crippen LogP contribution in [0.15, 0.2) is 0 Å². The first kappa shape index (κ1) is 11.1. The highest BCUT2D eigenvalue weighted by atomic mass is 32.2. The summed E-state index contributed by atoms with van der Waals surface area (Å²) in [5, 5.41) is 0. The van der Waals surface area contributed by atoms with Crippen LogP contribution in [0.1, 0.15) is 25.7 Å². The van der Waals surface area contributed by atoms with Crippen molar-refractivity contribution in [2.24, 2.45) is 0 Å². The van der Waals surface area contributed by atoms with Gasteiger partial charge in [0.25, 0.3) is 0 Å². The number of ketones is 1. The van der Waals surface area contributed by atoms with E-state index in [1.165, 1.54) is 0 Å². The molecule has 0 bridgehead atoms. The molecule has 5 heteroatoms. The van der Waals surface area contributed by atoms with E-state index in [0.717, 1.165) is 12.8 Å². The summed E-state index contributed by atoms with van der Waals surface area (Å²) in [6.45, 7) is 1.22. The van der Waals surface area contributed by atoms with Crippen molar-refractivity contribution in [1.29, 1.82) is 0 Å². The maximum Gasteiger partial charge on any atom is 0.152 e. The Morgan fingerprint density at radius 1 is 1.20 bits per heavy atom. The Hall–Kier alpha value is -0.420. The van der Waals surface area contributed by atoms with E-state index in [4.69, 9.17) is 0 Å². The van der Waals surface area contributed by atoms with Gasteiger partial charge in [-0.15, -0.1) is 0 Å². The largest absolute Gasteiger partial charge is 0.300 e. The summed E-state index contributed by atoms with van der Waals surface area (Å²) < 4.78 is 22.5. The summed E-state index contributed by atoms with van der Waals surface area (Å²) >= 11 is 0. The lowest BCUT2D eigenvalue weighted by atomic mass is 9.93. The van der Waals surface area contributed by atoms with Gasteiger partial charge in [-0.05, 0) is 12.8 Å². The van der Waals surface area contributed by atoms with Gasteiger partial charge in [-0.1, -0.05) is 0 Å². The molecule has 1 saturated heterocycles. The van der Waals surface area contributed by atoms with E-state index in [1.807, 2.05) is 0 Å². The fourth-order valence-corrected chi connectivity index (χ4v) is 3.63. The Kier molecular flexibility index (Phi) is 3.11. The molecule has 2 aliphatic rings. The van der Waals surface area contributed by atoms with Crippen molar-refractivity contribution in [1.82, 2.24) is 4.90 Å². The maximum absolute atomic E-state index is 11.3. The number of hydrogen-bond acceptors (Lipinski definition) is 4. The Bertz CT molecular complexity index is 336. The highest BCUT2D eigenvalue weighted by Gasteiger charge is 2.29. The first-order valence-electron chi connectivity index (χ1n) is 5.53. The van der Waals surface area contributed by atoms with Gasteiger partial charge in [0.2, 0.25) is 0 Å². The molecule has 0 radical (unpaired) electrons. The fourth-order valence-electron chi connectivity index (χ4n) is 2.41. The SMILES string of the molecule is O=C1CCCC(N2CCS(=O)(=O)CC2)C1. The Labute approximate surface area is 90.6 Å². The second-order valence-corrected chi connectivity index (χ2v) is 6.78. The quantitative estimate of drug-likeness (QED) is 0.648. The van der Waals surface area contributed by atoms with Crippen molar-refractivity contribution in [2.45, 2.75) is 31.7 Å². The fraction of sp³-hybridized carbons (Fsp3) is 0.900. The average molecular weight is 231 g/mol. The van der Waals surface area contributed by atoms with E-state index in [-0.39, 0.29) is 11.5 Å². The maximum atomic E-state index is 11.3. The first-order chi connectivity index (χ1) is 7.07. The Balaban J connectivity index is 1.92. The molecule has 1 saturated carbocycles. The molecule has 1 unspecified atom stereocenters. The van der Waals surface area contributed by atoms with Crippen molar-refractivity contribution in [3.63, 3.8) is 0 Å². The van der Waals surface area contributed by atoms with Gasteiger partial charge in [-0.3, -0.25) is 9.69 Å². The molecule has 0 spiro atoms. The lowest BCUT2D eigenvalue weighted by molar-refractivity contribution is -0.121. The minimum Gasteiger partial charge on any atom is -0.300 e. The summed E-state index contributed by atoms with van der Waals surface area (Å²) in [5.41, 5.74) is 0. The van der Waals surface area contributed by atoms with Crippen molar-refractivity contribution in [2.75, 3.05) is 24.6 Å². The van der Waals surface area contributed by atoms with Gasteiger partial charge in [0.1, 0.15) is 5.78 Å². The highest BCUT2D eigenvalue weighted by molar-refractivity contribution is 7.91. The molecule has 0 aromatic rings. The minimum absolute atomic E-state index is 0.262. The summed E-state index contributed by atoms with van der Waals surface area (Å²) in [6, 6.07) is 0.307. The van der Waals surface area contributed by atoms with Crippen LogP contribution in [0.25, 0.3) is 0 Å². The van der Waals surface area contributed by atoms with E-state index >= 15 is 0 Å². The molecule has 2 fully saturated rings. The van der Waals surface area contributed by atoms with Gasteiger partial charge in [0.05, 0.1) is 11.5 Å². The second-order valence-electron chi connectivity index (χ2n) is 4.48. The minimum atomic E-state index is -2.79. The van der Waals surface area contributed by atoms with E-state index in [1.54, 1.807) is 0 Å². The number of nitrogens with zero attached hydrogens (tertiary/aromatic N) is 1. The number of Topliss-reactive ketones (excluding diaryl/α,β-unsaturated/α-hetero) is 1. The molecule has 0 N–H and O–H groups in total. The van der Waals surface area contributed by atoms with E-state index < -0.39 is 9.84 Å². The summed E-state index contributed by atoms with van der Waals surface area (Å²) in [6.07, 6.45) is 3.35. The average Bonchev–Trinajstić information content (AvgIpc) is 2.17. The van der Waals surface area contributed by atoms with E-state index in [9.17, 15) is 13.2 Å². The van der Waals surface area contributed by atoms with Crippen LogP contribution in [0.4, 0.5) is 0 Å². The summed E-state index contributed by atoms with van der Waals surface area (Å²) in [4.78, 5) is 13.5. The van der Waals surface area contributed by atoms with Crippen molar-refractivity contribution in [3.8, 4) is 0 Å². The lowest BCUT2D eigenvalue weighted by Crippen LogP contribution is -2.47. The first-order valence-corrected chi connectivity index (χ1v) is 7.35. The summed E-state index contributed by atoms with van der Waals surface area (Å²) in [7, 11) is -2.79. The second kappa shape index (κ2) is 4.22. The van der Waals surface area contributed by atoms with Gasteiger partial charge in [0, 0.05) is 32.0 Å².